The monoisotopic (exact) mass is 753 g/mol. The number of piperazine rings is 1. The number of carbonyl (C=O) groups excluding carboxylic acids is 4. The molecule has 1 unspecified atom stereocenters. The number of nitrogens with zero attached hydrogens (tertiary/aromatic N) is 4. The van der Waals surface area contributed by atoms with Gasteiger partial charge in [-0.25, -0.2) is 0 Å². The Morgan fingerprint density at radius 2 is 1.50 bits per heavy atom. The minimum Gasteiger partial charge on any atom is -0.508 e. The number of aromatic hydroxyl groups is 1. The molecule has 3 aromatic rings. The fourth-order valence-corrected chi connectivity index (χ4v) is 9.51. The zero-order valence-corrected chi connectivity index (χ0v) is 32.2. The maximum absolute atomic E-state index is 13.4. The van der Waals surface area contributed by atoms with E-state index in [9.17, 15) is 24.3 Å². The molecule has 0 aromatic heterocycles. The van der Waals surface area contributed by atoms with Gasteiger partial charge in [-0.2, -0.15) is 0 Å². The lowest BCUT2D eigenvalue weighted by Crippen LogP contribution is -2.54. The molecule has 0 bridgehead atoms. The Labute approximate surface area is 329 Å². The molecule has 5 aliphatic rings. The summed E-state index contributed by atoms with van der Waals surface area (Å²) in [6, 6.07) is 19.4. The zero-order valence-electron chi connectivity index (χ0n) is 32.2. The molecule has 290 valence electrons. The first-order valence-electron chi connectivity index (χ1n) is 20.2. The summed E-state index contributed by atoms with van der Waals surface area (Å²) < 4.78 is 0. The number of rotatable bonds is 9. The number of aryl methyl sites for hydroxylation is 1. The van der Waals surface area contributed by atoms with Crippen LogP contribution in [0.3, 0.4) is 0 Å². The molecule has 0 saturated carbocycles. The van der Waals surface area contributed by atoms with Crippen LogP contribution in [0, 0.1) is 11.8 Å². The Balaban J connectivity index is 0.846. The van der Waals surface area contributed by atoms with Crippen molar-refractivity contribution in [3.63, 3.8) is 0 Å². The van der Waals surface area contributed by atoms with E-state index in [0.717, 1.165) is 87.7 Å². The molecule has 8 rings (SSSR count). The molecule has 10 heteroatoms. The summed E-state index contributed by atoms with van der Waals surface area (Å²) in [7, 11) is 0. The Hall–Kier alpha value is -5.48. The van der Waals surface area contributed by atoms with Crippen LogP contribution in [0.1, 0.15) is 82.4 Å². The second-order valence-corrected chi connectivity index (χ2v) is 16.0. The van der Waals surface area contributed by atoms with Crippen LogP contribution in [0.5, 0.6) is 5.75 Å². The first-order chi connectivity index (χ1) is 27.2. The molecule has 3 saturated heterocycles. The van der Waals surface area contributed by atoms with Crippen LogP contribution in [0.4, 0.5) is 11.4 Å². The third-order valence-electron chi connectivity index (χ3n) is 12.6. The molecule has 4 amide bonds. The molecule has 10 nitrogen and oxygen atoms in total. The number of carbonyl (C=O) groups is 4. The maximum Gasteiger partial charge on any atom is 0.262 e. The van der Waals surface area contributed by atoms with Gasteiger partial charge in [0.05, 0.1) is 11.1 Å². The van der Waals surface area contributed by atoms with Gasteiger partial charge in [-0.05, 0) is 110 Å². The van der Waals surface area contributed by atoms with Crippen LogP contribution in [-0.4, -0.2) is 90.4 Å². The second-order valence-electron chi connectivity index (χ2n) is 16.0. The number of nitrogens with one attached hydrogen (secondary N) is 1. The summed E-state index contributed by atoms with van der Waals surface area (Å²) >= 11 is 0. The minimum atomic E-state index is -0.961. The molecule has 1 aliphatic carbocycles. The molecule has 3 fully saturated rings. The maximum atomic E-state index is 13.4. The van der Waals surface area contributed by atoms with Crippen LogP contribution in [0.15, 0.2) is 97.1 Å². The van der Waals surface area contributed by atoms with Gasteiger partial charge in [-0.3, -0.25) is 34.3 Å². The molecule has 0 radical (unpaired) electrons. The highest BCUT2D eigenvalue weighted by Gasteiger charge is 2.45. The van der Waals surface area contributed by atoms with E-state index in [1.807, 2.05) is 37.3 Å². The highest BCUT2D eigenvalue weighted by Crippen LogP contribution is 2.45. The number of phenols is 1. The van der Waals surface area contributed by atoms with Crippen LogP contribution < -0.4 is 15.1 Å². The molecule has 3 aromatic carbocycles. The van der Waals surface area contributed by atoms with E-state index in [2.05, 4.69) is 69.1 Å². The lowest BCUT2D eigenvalue weighted by molar-refractivity contribution is -0.136. The number of benzene rings is 3. The Kier molecular flexibility index (Phi) is 10.7. The van der Waals surface area contributed by atoms with E-state index < -0.39 is 23.8 Å². The second kappa shape index (κ2) is 15.9. The van der Waals surface area contributed by atoms with Crippen molar-refractivity contribution in [2.75, 3.05) is 55.6 Å². The molecular formula is C46H51N5O5. The summed E-state index contributed by atoms with van der Waals surface area (Å²) in [5, 5.41) is 12.5. The molecule has 0 spiro atoms. The largest absolute Gasteiger partial charge is 0.508 e. The number of phenolic OH excluding ortho intramolecular Hbond substituents is 1. The van der Waals surface area contributed by atoms with E-state index in [1.54, 1.807) is 12.1 Å². The van der Waals surface area contributed by atoms with Crippen molar-refractivity contribution in [1.29, 1.82) is 0 Å². The van der Waals surface area contributed by atoms with Crippen LogP contribution in [0.2, 0.25) is 0 Å². The quantitative estimate of drug-likeness (QED) is 0.196. The zero-order chi connectivity index (χ0) is 38.9. The van der Waals surface area contributed by atoms with E-state index in [-0.39, 0.29) is 30.6 Å². The summed E-state index contributed by atoms with van der Waals surface area (Å²) in [6.07, 6.45) is 12.8. The van der Waals surface area contributed by atoms with Crippen molar-refractivity contribution in [1.82, 2.24) is 15.1 Å². The number of hydrogen-bond acceptors (Lipinski definition) is 8. The number of piperidine rings is 2. The van der Waals surface area contributed by atoms with Crippen molar-refractivity contribution >= 4 is 35.0 Å². The Morgan fingerprint density at radius 3 is 2.23 bits per heavy atom. The van der Waals surface area contributed by atoms with Crippen molar-refractivity contribution in [3.8, 4) is 5.75 Å². The average Bonchev–Trinajstić information content (AvgIpc) is 3.46. The van der Waals surface area contributed by atoms with Gasteiger partial charge in [0.1, 0.15) is 11.8 Å². The average molecular weight is 754 g/mol. The predicted molar refractivity (Wildman–Crippen MR) is 218 cm³/mol. The van der Waals surface area contributed by atoms with Crippen molar-refractivity contribution < 1.29 is 24.3 Å². The Bertz CT molecular complexity index is 2090. The molecular weight excluding hydrogens is 703 g/mol. The van der Waals surface area contributed by atoms with Crippen LogP contribution in [-0.2, 0) is 16.0 Å². The topological polar surface area (TPSA) is 114 Å². The van der Waals surface area contributed by atoms with Crippen molar-refractivity contribution in [2.24, 2.45) is 11.8 Å². The number of amides is 4. The highest BCUT2D eigenvalue weighted by molar-refractivity contribution is 6.23. The van der Waals surface area contributed by atoms with Gasteiger partial charge in [0.25, 0.3) is 11.8 Å². The summed E-state index contributed by atoms with van der Waals surface area (Å²) in [6.45, 7) is 13.1. The van der Waals surface area contributed by atoms with Crippen LogP contribution >= 0.6 is 0 Å². The summed E-state index contributed by atoms with van der Waals surface area (Å²) in [5.41, 5.74) is 7.73. The lowest BCUT2D eigenvalue weighted by atomic mass is 9.69. The van der Waals surface area contributed by atoms with E-state index in [1.165, 1.54) is 22.4 Å². The predicted octanol–water partition coefficient (Wildman–Crippen LogP) is 6.21. The van der Waals surface area contributed by atoms with Gasteiger partial charge < -0.3 is 14.9 Å². The van der Waals surface area contributed by atoms with Gasteiger partial charge in [-0.15, -0.1) is 0 Å². The highest BCUT2D eigenvalue weighted by atomic mass is 16.3. The molecule has 4 aliphatic heterocycles. The molecule has 3 atom stereocenters. The summed E-state index contributed by atoms with van der Waals surface area (Å²) in [4.78, 5) is 58.9. The first kappa shape index (κ1) is 37.4. The number of fused-ring (bicyclic) bond motifs is 2. The normalized spacial score (nSPS) is 23.6. The van der Waals surface area contributed by atoms with Gasteiger partial charge in [0, 0.05) is 69.5 Å². The van der Waals surface area contributed by atoms with Gasteiger partial charge >= 0.3 is 0 Å². The number of anilines is 2. The van der Waals surface area contributed by atoms with E-state index in [4.69, 9.17) is 0 Å². The fraction of sp³-hybridized carbons (Fsp3) is 0.391. The van der Waals surface area contributed by atoms with Crippen LogP contribution in [0.25, 0.3) is 0 Å². The SMILES string of the molecule is C=C(/C=C\C=C/C)[C@H]1CCc2cc(O)ccc2[C@H]1c1ccc(N2CCC(CN3CCN(c4ccc5c(c4)C(=O)N(C4CCC(=O)NC4=O)C5=O)CC3)CC2)cc1. The fourth-order valence-electron chi connectivity index (χ4n) is 9.51. The van der Waals surface area contributed by atoms with Gasteiger partial charge in [0.2, 0.25) is 11.8 Å². The van der Waals surface area contributed by atoms with Crippen molar-refractivity contribution in [3.05, 3.63) is 125 Å². The standard InChI is InChI=1S/C46H51N5O5/c1-3-4-5-6-30(2)37-14-9-33-27-36(52)13-16-38(33)43(37)32-7-10-34(11-8-32)49-21-19-31(20-22-49)29-48-23-25-50(26-24-48)35-12-15-39-40(28-35)46(56)51(45(39)55)41-17-18-42(53)47-44(41)54/h3-8,10-13,15-16,27-28,31,37,41,43,52H,2,9,14,17-26,29H2,1H3,(H,47,53,54)/b4-3-,6-5-/t37-,41?,43+/m1/s1. The molecule has 56 heavy (non-hydrogen) atoms. The smallest absolute Gasteiger partial charge is 0.262 e. The number of allylic oxidation sites excluding steroid dienone is 5. The minimum absolute atomic E-state index is 0.102. The first-order valence-corrected chi connectivity index (χ1v) is 20.2. The van der Waals surface area contributed by atoms with E-state index >= 15 is 0 Å². The third-order valence-corrected chi connectivity index (χ3v) is 12.6. The van der Waals surface area contributed by atoms with Crippen molar-refractivity contribution in [2.45, 2.75) is 57.4 Å². The number of imide groups is 2. The lowest BCUT2D eigenvalue weighted by Gasteiger charge is -2.40. The molecule has 2 N–H and O–H groups in total. The van der Waals surface area contributed by atoms with Gasteiger partial charge in [0.15, 0.2) is 0 Å². The third kappa shape index (κ3) is 7.42. The number of hydrogen-bond donors (Lipinski definition) is 2. The van der Waals surface area contributed by atoms with E-state index in [0.29, 0.717) is 22.8 Å². The summed E-state index contributed by atoms with van der Waals surface area (Å²) in [5.74, 6) is -0.486. The van der Waals surface area contributed by atoms with Gasteiger partial charge in [-0.1, -0.05) is 54.7 Å². The Morgan fingerprint density at radius 1 is 0.786 bits per heavy atom. The molecule has 4 heterocycles.